The molecule has 0 aliphatic carbocycles. The van der Waals surface area contributed by atoms with Crippen molar-refractivity contribution in [3.05, 3.63) is 18.5 Å². The molecule has 0 aromatic carbocycles. The molecule has 1 aliphatic heterocycles. The van der Waals surface area contributed by atoms with Gasteiger partial charge in [-0.2, -0.15) is 5.10 Å². The van der Waals surface area contributed by atoms with Gasteiger partial charge in [-0.25, -0.2) is 9.67 Å². The van der Waals surface area contributed by atoms with Crippen LogP contribution in [0.5, 0.6) is 5.88 Å². The molecular weight excluding hydrogens is 218 g/mol. The summed E-state index contributed by atoms with van der Waals surface area (Å²) in [7, 11) is 1.63. The summed E-state index contributed by atoms with van der Waals surface area (Å²) in [5, 5.41) is 5.43. The third-order valence-corrected chi connectivity index (χ3v) is 3.09. The third kappa shape index (κ3) is 1.76. The van der Waals surface area contributed by atoms with Gasteiger partial charge in [-0.1, -0.05) is 0 Å². The molecule has 1 aliphatic rings. The number of hydrogen-bond donors (Lipinski definition) is 0. The summed E-state index contributed by atoms with van der Waals surface area (Å²) in [4.78, 5) is 4.21. The first-order valence-corrected chi connectivity index (χ1v) is 5.88. The van der Waals surface area contributed by atoms with Crippen molar-refractivity contribution in [3.63, 3.8) is 0 Å². The summed E-state index contributed by atoms with van der Waals surface area (Å²) in [5.41, 5.74) is 0.918. The van der Waals surface area contributed by atoms with E-state index in [1.165, 1.54) is 6.42 Å². The number of nitrogens with zero attached hydrogens (tertiary/aromatic N) is 3. The summed E-state index contributed by atoms with van der Waals surface area (Å²) in [5.74, 6) is 0.606. The summed E-state index contributed by atoms with van der Waals surface area (Å²) in [6, 6.07) is 1.93. The predicted molar refractivity (Wildman–Crippen MR) is 62.9 cm³/mol. The minimum atomic E-state index is 0.0133. The van der Waals surface area contributed by atoms with Crippen molar-refractivity contribution < 1.29 is 9.47 Å². The van der Waals surface area contributed by atoms with E-state index in [9.17, 15) is 0 Å². The molecule has 0 spiro atoms. The van der Waals surface area contributed by atoms with E-state index in [4.69, 9.17) is 9.47 Å². The Kier molecular flexibility index (Phi) is 2.68. The summed E-state index contributed by atoms with van der Waals surface area (Å²) in [6.07, 6.45) is 6.88. The number of hydrogen-bond acceptors (Lipinski definition) is 4. The maximum atomic E-state index is 5.75. The molecule has 2 aromatic heterocycles. The van der Waals surface area contributed by atoms with Gasteiger partial charge in [0.05, 0.1) is 13.3 Å². The van der Waals surface area contributed by atoms with Crippen LogP contribution in [0.15, 0.2) is 18.5 Å². The minimum absolute atomic E-state index is 0.0133. The van der Waals surface area contributed by atoms with Crippen molar-refractivity contribution >= 4 is 10.9 Å². The maximum absolute atomic E-state index is 5.75. The Bertz CT molecular complexity index is 517. The lowest BCUT2D eigenvalue weighted by molar-refractivity contribution is -0.0368. The Hall–Kier alpha value is -1.62. The van der Waals surface area contributed by atoms with Crippen LogP contribution in [0.4, 0.5) is 0 Å². The largest absolute Gasteiger partial charge is 0.479 e. The first kappa shape index (κ1) is 10.5. The zero-order chi connectivity index (χ0) is 11.7. The monoisotopic (exact) mass is 233 g/mol. The number of aromatic nitrogens is 3. The summed E-state index contributed by atoms with van der Waals surface area (Å²) in [6.45, 7) is 0.800. The standard InChI is InChI=1S/C12H15N3O2/c1-16-12-11-9(5-6-13-12)8-14-15(11)10-4-2-3-7-17-10/h5-6,8,10H,2-4,7H2,1H3. The van der Waals surface area contributed by atoms with E-state index < -0.39 is 0 Å². The van der Waals surface area contributed by atoms with E-state index in [2.05, 4.69) is 10.1 Å². The number of ether oxygens (including phenoxy) is 2. The molecule has 17 heavy (non-hydrogen) atoms. The van der Waals surface area contributed by atoms with Crippen molar-refractivity contribution in [2.24, 2.45) is 0 Å². The smallest absolute Gasteiger partial charge is 0.240 e. The van der Waals surface area contributed by atoms with Crippen molar-refractivity contribution in [1.82, 2.24) is 14.8 Å². The fourth-order valence-electron chi connectivity index (χ4n) is 2.25. The highest BCUT2D eigenvalue weighted by Crippen LogP contribution is 2.29. The highest BCUT2D eigenvalue weighted by Gasteiger charge is 2.20. The lowest BCUT2D eigenvalue weighted by atomic mass is 10.2. The molecule has 1 fully saturated rings. The minimum Gasteiger partial charge on any atom is -0.479 e. The number of pyridine rings is 1. The molecule has 0 radical (unpaired) electrons. The van der Waals surface area contributed by atoms with Gasteiger partial charge in [-0.15, -0.1) is 0 Å². The maximum Gasteiger partial charge on any atom is 0.240 e. The van der Waals surface area contributed by atoms with Gasteiger partial charge in [0.1, 0.15) is 5.52 Å². The lowest BCUT2D eigenvalue weighted by Gasteiger charge is -2.23. The molecule has 0 amide bonds. The number of rotatable bonds is 2. The zero-order valence-corrected chi connectivity index (χ0v) is 9.80. The average molecular weight is 233 g/mol. The zero-order valence-electron chi connectivity index (χ0n) is 9.80. The van der Waals surface area contributed by atoms with Crippen LogP contribution < -0.4 is 4.74 Å². The van der Waals surface area contributed by atoms with Crippen LogP contribution in [-0.2, 0) is 4.74 Å². The van der Waals surface area contributed by atoms with Gasteiger partial charge in [0, 0.05) is 18.2 Å². The van der Waals surface area contributed by atoms with E-state index in [1.54, 1.807) is 13.3 Å². The quantitative estimate of drug-likeness (QED) is 0.797. The molecule has 1 saturated heterocycles. The van der Waals surface area contributed by atoms with Gasteiger partial charge >= 0.3 is 0 Å². The molecule has 1 atom stereocenters. The molecule has 2 aromatic rings. The highest BCUT2D eigenvalue weighted by molar-refractivity contribution is 5.82. The molecule has 3 rings (SSSR count). The Morgan fingerprint density at radius 3 is 3.18 bits per heavy atom. The molecule has 90 valence electrons. The van der Waals surface area contributed by atoms with Crippen LogP contribution in [0.3, 0.4) is 0 Å². The Balaban J connectivity index is 2.09. The van der Waals surface area contributed by atoms with Crippen molar-refractivity contribution in [2.45, 2.75) is 25.5 Å². The third-order valence-electron chi connectivity index (χ3n) is 3.09. The fraction of sp³-hybridized carbons (Fsp3) is 0.500. The Labute approximate surface area is 99.4 Å². The second kappa shape index (κ2) is 4.33. The topological polar surface area (TPSA) is 49.2 Å². The second-order valence-electron chi connectivity index (χ2n) is 4.17. The molecule has 1 unspecified atom stereocenters. The summed E-state index contributed by atoms with van der Waals surface area (Å²) < 4.78 is 12.9. The van der Waals surface area contributed by atoms with Gasteiger partial charge < -0.3 is 9.47 Å². The first-order chi connectivity index (χ1) is 8.40. The van der Waals surface area contributed by atoms with E-state index >= 15 is 0 Å². The van der Waals surface area contributed by atoms with E-state index in [-0.39, 0.29) is 6.23 Å². The molecule has 3 heterocycles. The van der Waals surface area contributed by atoms with E-state index in [0.29, 0.717) is 5.88 Å². The molecule has 0 bridgehead atoms. The van der Waals surface area contributed by atoms with Gasteiger partial charge in [0.15, 0.2) is 6.23 Å². The SMILES string of the molecule is COc1nccc2cnn(C3CCCCO3)c12. The van der Waals surface area contributed by atoms with Crippen molar-refractivity contribution in [1.29, 1.82) is 0 Å². The van der Waals surface area contributed by atoms with Crippen LogP contribution in [-0.4, -0.2) is 28.5 Å². The Morgan fingerprint density at radius 1 is 1.47 bits per heavy atom. The second-order valence-corrected chi connectivity index (χ2v) is 4.17. The lowest BCUT2D eigenvalue weighted by Crippen LogP contribution is -2.19. The van der Waals surface area contributed by atoms with Crippen molar-refractivity contribution in [2.75, 3.05) is 13.7 Å². The van der Waals surface area contributed by atoms with Crippen LogP contribution in [0.1, 0.15) is 25.5 Å². The van der Waals surface area contributed by atoms with Gasteiger partial charge in [0.2, 0.25) is 5.88 Å². The molecule has 0 saturated carbocycles. The molecular formula is C12H15N3O2. The molecule has 5 nitrogen and oxygen atoms in total. The normalized spacial score (nSPS) is 20.6. The Morgan fingerprint density at radius 2 is 2.41 bits per heavy atom. The fourth-order valence-corrected chi connectivity index (χ4v) is 2.25. The van der Waals surface area contributed by atoms with Crippen LogP contribution >= 0.6 is 0 Å². The van der Waals surface area contributed by atoms with Crippen LogP contribution in [0, 0.1) is 0 Å². The highest BCUT2D eigenvalue weighted by atomic mass is 16.5. The molecule has 0 N–H and O–H groups in total. The van der Waals surface area contributed by atoms with E-state index in [0.717, 1.165) is 30.4 Å². The summed E-state index contributed by atoms with van der Waals surface area (Å²) >= 11 is 0. The predicted octanol–water partition coefficient (Wildman–Crippen LogP) is 2.14. The van der Waals surface area contributed by atoms with E-state index in [1.807, 2.05) is 16.9 Å². The van der Waals surface area contributed by atoms with Crippen molar-refractivity contribution in [3.8, 4) is 5.88 Å². The van der Waals surface area contributed by atoms with Gasteiger partial charge in [0.25, 0.3) is 0 Å². The average Bonchev–Trinajstić information content (AvgIpc) is 2.83. The first-order valence-electron chi connectivity index (χ1n) is 5.88. The van der Waals surface area contributed by atoms with Gasteiger partial charge in [-0.05, 0) is 25.3 Å². The molecule has 5 heteroatoms. The van der Waals surface area contributed by atoms with Gasteiger partial charge in [-0.3, -0.25) is 0 Å². The number of fused-ring (bicyclic) bond motifs is 1. The number of methoxy groups -OCH3 is 1. The van der Waals surface area contributed by atoms with Crippen LogP contribution in [0.25, 0.3) is 10.9 Å². The van der Waals surface area contributed by atoms with Crippen LogP contribution in [0.2, 0.25) is 0 Å².